The summed E-state index contributed by atoms with van der Waals surface area (Å²) in [6.45, 7) is 5.39. The van der Waals surface area contributed by atoms with Gasteiger partial charge in [0, 0.05) is 42.5 Å². The number of hydrogen-bond donors (Lipinski definition) is 1. The highest BCUT2D eigenvalue weighted by atomic mass is 35.5. The van der Waals surface area contributed by atoms with Gasteiger partial charge in [-0.15, -0.1) is 22.7 Å². The number of nitrogens with zero attached hydrogens (tertiary/aromatic N) is 1. The summed E-state index contributed by atoms with van der Waals surface area (Å²) >= 11 is 9.47. The lowest BCUT2D eigenvalue weighted by Crippen LogP contribution is -2.35. The first kappa shape index (κ1) is 13.6. The van der Waals surface area contributed by atoms with Gasteiger partial charge in [-0.3, -0.25) is 4.90 Å². The normalized spacial score (nSPS) is 15.6. The molecule has 0 saturated heterocycles. The van der Waals surface area contributed by atoms with Crippen molar-refractivity contribution in [2.45, 2.75) is 19.5 Å². The number of thiophene rings is 2. The zero-order valence-electron chi connectivity index (χ0n) is 10.7. The standard InChI is InChI=1S/C14H17ClN2S2/c15-14-2-1-12(19-14)9-16-5-7-17-6-3-13-11(10-17)4-8-18-13/h1-2,4,8,16H,3,5-7,9-10H2. The quantitative estimate of drug-likeness (QED) is 0.849. The summed E-state index contributed by atoms with van der Waals surface area (Å²) < 4.78 is 0.873. The van der Waals surface area contributed by atoms with E-state index in [1.54, 1.807) is 16.2 Å². The first-order valence-corrected chi connectivity index (χ1v) is 8.61. The van der Waals surface area contributed by atoms with Crippen LogP contribution in [0.4, 0.5) is 0 Å². The summed E-state index contributed by atoms with van der Waals surface area (Å²) in [4.78, 5) is 5.42. The molecule has 0 bridgehead atoms. The molecule has 5 heteroatoms. The zero-order chi connectivity index (χ0) is 13.1. The van der Waals surface area contributed by atoms with Crippen LogP contribution in [0, 0.1) is 0 Å². The third-order valence-corrected chi connectivity index (χ3v) is 5.67. The molecule has 0 aromatic carbocycles. The van der Waals surface area contributed by atoms with Crippen molar-refractivity contribution >= 4 is 34.3 Å². The number of nitrogens with one attached hydrogen (secondary N) is 1. The van der Waals surface area contributed by atoms with Crippen molar-refractivity contribution in [1.29, 1.82) is 0 Å². The fourth-order valence-corrected chi connectivity index (χ4v) is 4.34. The zero-order valence-corrected chi connectivity index (χ0v) is 13.1. The minimum atomic E-state index is 0.873. The van der Waals surface area contributed by atoms with Gasteiger partial charge in [-0.2, -0.15) is 0 Å². The van der Waals surface area contributed by atoms with Crippen molar-refractivity contribution in [1.82, 2.24) is 10.2 Å². The van der Waals surface area contributed by atoms with E-state index in [1.165, 1.54) is 23.4 Å². The predicted octanol–water partition coefficient (Wildman–Crippen LogP) is 3.61. The van der Waals surface area contributed by atoms with Gasteiger partial charge in [0.15, 0.2) is 0 Å². The molecular weight excluding hydrogens is 296 g/mol. The summed E-state index contributed by atoms with van der Waals surface area (Å²) in [5.41, 5.74) is 1.53. The van der Waals surface area contributed by atoms with Crippen molar-refractivity contribution < 1.29 is 0 Å². The summed E-state index contributed by atoms with van der Waals surface area (Å²) in [5, 5.41) is 5.71. The van der Waals surface area contributed by atoms with E-state index in [-0.39, 0.29) is 0 Å². The number of hydrogen-bond acceptors (Lipinski definition) is 4. The van der Waals surface area contributed by atoms with Gasteiger partial charge in [-0.05, 0) is 35.6 Å². The maximum Gasteiger partial charge on any atom is 0.0931 e. The second-order valence-electron chi connectivity index (χ2n) is 4.78. The number of fused-ring (bicyclic) bond motifs is 1. The Balaban J connectivity index is 1.39. The lowest BCUT2D eigenvalue weighted by molar-refractivity contribution is 0.256. The van der Waals surface area contributed by atoms with Gasteiger partial charge in [0.2, 0.25) is 0 Å². The van der Waals surface area contributed by atoms with Crippen LogP contribution in [-0.4, -0.2) is 24.5 Å². The monoisotopic (exact) mass is 312 g/mol. The lowest BCUT2D eigenvalue weighted by Gasteiger charge is -2.26. The molecule has 0 unspecified atom stereocenters. The Bertz CT molecular complexity index is 535. The molecule has 102 valence electrons. The Hall–Kier alpha value is -0.390. The van der Waals surface area contributed by atoms with Gasteiger partial charge >= 0.3 is 0 Å². The Labute approximate surface area is 127 Å². The van der Waals surface area contributed by atoms with Crippen LogP contribution in [0.1, 0.15) is 15.3 Å². The molecular formula is C14H17ClN2S2. The molecule has 0 saturated carbocycles. The summed E-state index contributed by atoms with van der Waals surface area (Å²) in [6, 6.07) is 6.33. The predicted molar refractivity (Wildman–Crippen MR) is 84.3 cm³/mol. The van der Waals surface area contributed by atoms with Gasteiger partial charge < -0.3 is 5.32 Å². The van der Waals surface area contributed by atoms with Crippen LogP contribution in [0.15, 0.2) is 23.6 Å². The summed E-state index contributed by atoms with van der Waals surface area (Å²) in [7, 11) is 0. The van der Waals surface area contributed by atoms with Gasteiger partial charge in [0.05, 0.1) is 4.34 Å². The second-order valence-corrected chi connectivity index (χ2v) is 7.58. The molecule has 0 fully saturated rings. The van der Waals surface area contributed by atoms with Crippen LogP contribution in [-0.2, 0) is 19.5 Å². The lowest BCUT2D eigenvalue weighted by atomic mass is 10.1. The van der Waals surface area contributed by atoms with Crippen LogP contribution < -0.4 is 5.32 Å². The number of halogens is 1. The van der Waals surface area contributed by atoms with Crippen LogP contribution >= 0.6 is 34.3 Å². The third kappa shape index (κ3) is 3.58. The highest BCUT2D eigenvalue weighted by Gasteiger charge is 2.16. The Kier molecular flexibility index (Phi) is 4.56. The summed E-state index contributed by atoms with van der Waals surface area (Å²) in [5.74, 6) is 0. The van der Waals surface area contributed by atoms with Crippen LogP contribution in [0.2, 0.25) is 4.34 Å². The molecule has 2 aromatic heterocycles. The molecule has 2 nitrogen and oxygen atoms in total. The first-order chi connectivity index (χ1) is 9.31. The number of rotatable bonds is 5. The molecule has 0 atom stereocenters. The topological polar surface area (TPSA) is 15.3 Å². The molecule has 0 amide bonds. The molecule has 0 radical (unpaired) electrons. The minimum absolute atomic E-state index is 0.873. The maximum atomic E-state index is 5.92. The molecule has 3 heterocycles. The Morgan fingerprint density at radius 3 is 3.11 bits per heavy atom. The van der Waals surface area contributed by atoms with E-state index in [0.717, 1.165) is 30.5 Å². The average molecular weight is 313 g/mol. The molecule has 1 aliphatic heterocycles. The second kappa shape index (κ2) is 6.37. The van der Waals surface area contributed by atoms with Crippen molar-refractivity contribution in [2.75, 3.05) is 19.6 Å². The van der Waals surface area contributed by atoms with Crippen molar-refractivity contribution in [3.8, 4) is 0 Å². The highest BCUT2D eigenvalue weighted by Crippen LogP contribution is 2.23. The van der Waals surface area contributed by atoms with E-state index in [0.29, 0.717) is 0 Å². The van der Waals surface area contributed by atoms with Crippen molar-refractivity contribution in [3.05, 3.63) is 43.2 Å². The smallest absolute Gasteiger partial charge is 0.0931 e. The molecule has 0 aliphatic carbocycles. The van der Waals surface area contributed by atoms with E-state index < -0.39 is 0 Å². The Morgan fingerprint density at radius 2 is 2.26 bits per heavy atom. The highest BCUT2D eigenvalue weighted by molar-refractivity contribution is 7.16. The van der Waals surface area contributed by atoms with E-state index in [1.807, 2.05) is 17.4 Å². The van der Waals surface area contributed by atoms with Gasteiger partial charge in [0.1, 0.15) is 0 Å². The largest absolute Gasteiger partial charge is 0.311 e. The van der Waals surface area contributed by atoms with Gasteiger partial charge in [0.25, 0.3) is 0 Å². The fraction of sp³-hybridized carbons (Fsp3) is 0.429. The van der Waals surface area contributed by atoms with E-state index in [2.05, 4.69) is 27.7 Å². The first-order valence-electron chi connectivity index (χ1n) is 6.54. The fourth-order valence-electron chi connectivity index (χ4n) is 2.39. The SMILES string of the molecule is Clc1ccc(CNCCN2CCc3sccc3C2)s1. The molecule has 1 N–H and O–H groups in total. The van der Waals surface area contributed by atoms with Gasteiger partial charge in [-0.1, -0.05) is 11.6 Å². The maximum absolute atomic E-state index is 5.92. The van der Waals surface area contributed by atoms with Crippen LogP contribution in [0.3, 0.4) is 0 Å². The van der Waals surface area contributed by atoms with E-state index in [4.69, 9.17) is 11.6 Å². The Morgan fingerprint density at radius 1 is 1.32 bits per heavy atom. The average Bonchev–Trinajstić information content (AvgIpc) is 3.03. The van der Waals surface area contributed by atoms with E-state index >= 15 is 0 Å². The van der Waals surface area contributed by atoms with E-state index in [9.17, 15) is 0 Å². The molecule has 2 aromatic rings. The summed E-state index contributed by atoms with van der Waals surface area (Å²) in [6.07, 6.45) is 1.22. The molecule has 19 heavy (non-hydrogen) atoms. The minimum Gasteiger partial charge on any atom is -0.311 e. The van der Waals surface area contributed by atoms with Crippen molar-refractivity contribution in [2.24, 2.45) is 0 Å². The van der Waals surface area contributed by atoms with Crippen LogP contribution in [0.5, 0.6) is 0 Å². The molecule has 0 spiro atoms. The molecule has 1 aliphatic rings. The third-order valence-electron chi connectivity index (χ3n) is 3.42. The van der Waals surface area contributed by atoms with Gasteiger partial charge in [-0.25, -0.2) is 0 Å². The van der Waals surface area contributed by atoms with Crippen molar-refractivity contribution in [3.63, 3.8) is 0 Å². The van der Waals surface area contributed by atoms with Crippen LogP contribution in [0.25, 0.3) is 0 Å². The molecule has 3 rings (SSSR count).